The maximum absolute atomic E-state index is 7.25. The van der Waals surface area contributed by atoms with Gasteiger partial charge in [-0.15, -0.1) is 0 Å². The van der Waals surface area contributed by atoms with Crippen molar-refractivity contribution in [2.45, 2.75) is 62.2 Å². The van der Waals surface area contributed by atoms with Crippen molar-refractivity contribution in [2.75, 3.05) is 14.7 Å². The van der Waals surface area contributed by atoms with Crippen LogP contribution in [-0.4, -0.2) is 13.4 Å². The van der Waals surface area contributed by atoms with Crippen LogP contribution in [0.15, 0.2) is 267 Å². The van der Waals surface area contributed by atoms with Gasteiger partial charge in [-0.05, 0) is 115 Å². The van der Waals surface area contributed by atoms with Crippen LogP contribution in [0.1, 0.15) is 52.7 Å². The van der Waals surface area contributed by atoms with Crippen molar-refractivity contribution in [2.24, 2.45) is 0 Å². The van der Waals surface area contributed by atoms with Crippen LogP contribution in [0.3, 0.4) is 0 Å². The normalized spacial score (nSPS) is 13.9. The van der Waals surface area contributed by atoms with E-state index in [1.165, 1.54) is 59.1 Å². The van der Waals surface area contributed by atoms with Gasteiger partial charge in [0.1, 0.15) is 22.3 Å². The van der Waals surface area contributed by atoms with Crippen molar-refractivity contribution in [3.8, 4) is 22.3 Å². The number of para-hydroxylation sites is 6. The molecule has 4 aliphatic rings. The predicted octanol–water partition coefficient (Wildman–Crippen LogP) is 18.3. The Balaban J connectivity index is 1.03. The van der Waals surface area contributed by atoms with Crippen molar-refractivity contribution in [1.29, 1.82) is 0 Å². The number of rotatable bonds is 5. The third-order valence-corrected chi connectivity index (χ3v) is 20.4. The molecule has 88 heavy (non-hydrogen) atoms. The van der Waals surface area contributed by atoms with E-state index < -0.39 is 0 Å². The van der Waals surface area contributed by atoms with Gasteiger partial charge in [-0.2, -0.15) is 0 Å². The van der Waals surface area contributed by atoms with Crippen LogP contribution in [0, 0.1) is 0 Å². The fourth-order valence-corrected chi connectivity index (χ4v) is 16.5. The minimum Gasteiger partial charge on any atom is -0.456 e. The molecule has 0 spiro atoms. The van der Waals surface area contributed by atoms with E-state index in [2.05, 4.69) is 305 Å². The van der Waals surface area contributed by atoms with Crippen LogP contribution in [0.5, 0.6) is 0 Å². The summed E-state index contributed by atoms with van der Waals surface area (Å²) in [6, 6.07) is 93.1. The number of benzene rings is 12. The van der Waals surface area contributed by atoms with Gasteiger partial charge in [0, 0.05) is 89.0 Å². The molecule has 0 radical (unpaired) electrons. The Morgan fingerprint density at radius 2 is 0.830 bits per heavy atom. The van der Waals surface area contributed by atoms with Crippen LogP contribution in [0.4, 0.5) is 51.2 Å². The van der Waals surface area contributed by atoms with Crippen LogP contribution < -0.4 is 47.5 Å². The minimum absolute atomic E-state index is 0.0301. The van der Waals surface area contributed by atoms with Gasteiger partial charge in [-0.3, -0.25) is 0 Å². The number of nitrogens with zero attached hydrogens (tertiary/aromatic N) is 3. The molecule has 12 aromatic carbocycles. The summed E-state index contributed by atoms with van der Waals surface area (Å²) in [6.45, 7) is 13.5. The SMILES string of the molecule is CC(C)(C)c1ccc(-c2cccc(-c3ccc(C(C)(C)C)cc3)c2N2c3cc4c(cc3B3c5ccccc5N(c5ccccc5)c5c3c2cc2oc3ccccc3c52)B2c3ccccc3Sc3c2c(cc2oc5ccccc5c32)N4c2ccccc2)cc1. The largest absolute Gasteiger partial charge is 0.456 e. The van der Waals surface area contributed by atoms with Gasteiger partial charge in [0.15, 0.2) is 0 Å². The highest BCUT2D eigenvalue weighted by molar-refractivity contribution is 8.00. The minimum atomic E-state index is -0.205. The third kappa shape index (κ3) is 7.45. The predicted molar refractivity (Wildman–Crippen MR) is 373 cm³/mol. The molecule has 0 N–H and O–H groups in total. The maximum atomic E-state index is 7.25. The zero-order valence-electron chi connectivity index (χ0n) is 49.9. The molecule has 6 heterocycles. The molecule has 0 unspecified atom stereocenters. The van der Waals surface area contributed by atoms with Crippen molar-refractivity contribution in [1.82, 2.24) is 0 Å². The first-order valence-electron chi connectivity index (χ1n) is 30.8. The lowest BCUT2D eigenvalue weighted by Gasteiger charge is -2.47. The molecule has 0 fully saturated rings. The first kappa shape index (κ1) is 51.4. The van der Waals surface area contributed by atoms with Crippen molar-refractivity contribution < 1.29 is 8.83 Å². The van der Waals surface area contributed by atoms with Crippen LogP contribution in [-0.2, 0) is 10.8 Å². The van der Waals surface area contributed by atoms with Crippen LogP contribution in [0.25, 0.3) is 66.1 Å². The van der Waals surface area contributed by atoms with Gasteiger partial charge < -0.3 is 23.5 Å². The monoisotopic (exact) mass is 1150 g/mol. The van der Waals surface area contributed by atoms with E-state index in [1.54, 1.807) is 0 Å². The van der Waals surface area contributed by atoms with Crippen LogP contribution in [0.2, 0.25) is 0 Å². The molecular formula is C80H59B2N3O2S. The lowest BCUT2D eigenvalue weighted by Crippen LogP contribution is -2.64. The second-order valence-electron chi connectivity index (χ2n) is 26.3. The van der Waals surface area contributed by atoms with Gasteiger partial charge in [0.2, 0.25) is 6.71 Å². The van der Waals surface area contributed by atoms with Crippen molar-refractivity contribution >= 4 is 153 Å². The molecule has 0 saturated heterocycles. The van der Waals surface area contributed by atoms with Gasteiger partial charge in [-0.25, -0.2) is 0 Å². The lowest BCUT2D eigenvalue weighted by atomic mass is 9.30. The fourth-order valence-electron chi connectivity index (χ4n) is 15.1. The number of hydrogen-bond donors (Lipinski definition) is 0. The molecule has 5 nitrogen and oxygen atoms in total. The third-order valence-electron chi connectivity index (χ3n) is 19.2. The van der Waals surface area contributed by atoms with Gasteiger partial charge in [0.25, 0.3) is 6.71 Å². The molecule has 4 aliphatic heterocycles. The van der Waals surface area contributed by atoms with E-state index in [0.29, 0.717) is 0 Å². The van der Waals surface area contributed by atoms with Gasteiger partial charge in [-0.1, -0.05) is 241 Å². The number of hydrogen-bond acceptors (Lipinski definition) is 6. The average Bonchev–Trinajstić information content (AvgIpc) is 0.929. The molecule has 0 atom stereocenters. The summed E-state index contributed by atoms with van der Waals surface area (Å²) in [7, 11) is 0. The van der Waals surface area contributed by atoms with E-state index in [0.717, 1.165) is 112 Å². The maximum Gasteiger partial charge on any atom is 0.252 e. The number of furan rings is 2. The zero-order chi connectivity index (χ0) is 58.9. The lowest BCUT2D eigenvalue weighted by molar-refractivity contribution is 0.590. The smallest absolute Gasteiger partial charge is 0.252 e. The summed E-state index contributed by atoms with van der Waals surface area (Å²) in [6.07, 6.45) is 0. The topological polar surface area (TPSA) is 36.0 Å². The first-order valence-corrected chi connectivity index (χ1v) is 31.6. The second-order valence-corrected chi connectivity index (χ2v) is 27.4. The molecule has 0 amide bonds. The highest BCUT2D eigenvalue weighted by Gasteiger charge is 2.49. The molecule has 18 rings (SSSR count). The molecule has 0 aliphatic carbocycles. The van der Waals surface area contributed by atoms with Crippen LogP contribution >= 0.6 is 11.8 Å². The molecule has 2 aromatic heterocycles. The molecule has 0 saturated carbocycles. The highest BCUT2D eigenvalue weighted by atomic mass is 32.2. The van der Waals surface area contributed by atoms with Crippen molar-refractivity contribution in [3.05, 3.63) is 260 Å². The Kier molecular flexibility index (Phi) is 11.0. The summed E-state index contributed by atoms with van der Waals surface area (Å²) < 4.78 is 14.2. The fraction of sp³-hybridized carbons (Fsp3) is 0.100. The number of anilines is 9. The Hall–Kier alpha value is -9.88. The molecule has 8 heteroatoms. The van der Waals surface area contributed by atoms with Gasteiger partial charge >= 0.3 is 0 Å². The summed E-state index contributed by atoms with van der Waals surface area (Å²) in [5.74, 6) is 0. The average molecular weight is 1150 g/mol. The quantitative estimate of drug-likeness (QED) is 0.160. The Labute approximate surface area is 517 Å². The molecule has 418 valence electrons. The van der Waals surface area contributed by atoms with E-state index >= 15 is 0 Å². The Morgan fingerprint density at radius 3 is 1.44 bits per heavy atom. The summed E-state index contributed by atoms with van der Waals surface area (Å²) in [4.78, 5) is 10.3. The van der Waals surface area contributed by atoms with E-state index in [9.17, 15) is 0 Å². The van der Waals surface area contributed by atoms with E-state index in [4.69, 9.17) is 8.83 Å². The summed E-state index contributed by atoms with van der Waals surface area (Å²) in [5, 5.41) is 4.50. The second kappa shape index (κ2) is 18.8. The Morgan fingerprint density at radius 1 is 0.341 bits per heavy atom. The summed E-state index contributed by atoms with van der Waals surface area (Å²) in [5.41, 5.74) is 28.2. The highest BCUT2D eigenvalue weighted by Crippen LogP contribution is 2.55. The summed E-state index contributed by atoms with van der Waals surface area (Å²) >= 11 is 1.89. The van der Waals surface area contributed by atoms with E-state index in [1.807, 2.05) is 11.8 Å². The van der Waals surface area contributed by atoms with Crippen molar-refractivity contribution in [3.63, 3.8) is 0 Å². The molecule has 14 aromatic rings. The molecule has 0 bridgehead atoms. The first-order chi connectivity index (χ1) is 42.9. The zero-order valence-corrected chi connectivity index (χ0v) is 50.7. The number of fused-ring (bicyclic) bond motifs is 16. The van der Waals surface area contributed by atoms with E-state index in [-0.39, 0.29) is 24.3 Å². The standard InChI is InChI=1S/C80H59B2N3O2S/c1-79(2,3)50-40-36-48(37-41-50)54-28-21-29-55(49-38-42-51(43-39-49)80(4,5)6)76(54)85-64-45-63-60(82-59-31-16-20-35-71(59)88-78-73-57-27-14-19-34-68(57)87-70(73)47-66(75(78)82)83(63)52-22-9-7-10-23-52)44-61(64)81-58-30-15-17-32-62(58)84(53-24-11-8-12-25-53)77-72-56-26-13-18-33-67(56)86-69(72)46-65(85)74(77)81/h7-47H,1-6H3. The van der Waals surface area contributed by atoms with Gasteiger partial charge in [0.05, 0.1) is 16.8 Å². The molecular weight excluding hydrogens is 1090 g/mol. The Bertz CT molecular complexity index is 5160.